The van der Waals surface area contributed by atoms with Gasteiger partial charge in [-0.2, -0.15) is 0 Å². The minimum absolute atomic E-state index is 0.00830. The van der Waals surface area contributed by atoms with E-state index in [-0.39, 0.29) is 55.7 Å². The first kappa shape index (κ1) is 31.6. The van der Waals surface area contributed by atoms with Crippen molar-refractivity contribution >= 4 is 17.9 Å². The molecule has 0 bridgehead atoms. The van der Waals surface area contributed by atoms with Crippen molar-refractivity contribution in [3.63, 3.8) is 0 Å². The maximum atomic E-state index is 13.1. The number of rotatable bonds is 9. The molecule has 3 saturated heterocycles. The van der Waals surface area contributed by atoms with Gasteiger partial charge in [0.25, 0.3) is 0 Å². The summed E-state index contributed by atoms with van der Waals surface area (Å²) in [5.41, 5.74) is -2.86. The van der Waals surface area contributed by atoms with Gasteiger partial charge in [0, 0.05) is 38.2 Å². The van der Waals surface area contributed by atoms with E-state index in [2.05, 4.69) is 13.8 Å². The van der Waals surface area contributed by atoms with Gasteiger partial charge in [-0.15, -0.1) is 0 Å². The van der Waals surface area contributed by atoms with E-state index in [1.165, 1.54) is 13.8 Å². The van der Waals surface area contributed by atoms with Crippen molar-refractivity contribution in [2.75, 3.05) is 19.8 Å². The van der Waals surface area contributed by atoms with Gasteiger partial charge >= 0.3 is 17.9 Å². The molecule has 0 aromatic heterocycles. The normalized spacial score (nSPS) is 46.4. The van der Waals surface area contributed by atoms with Gasteiger partial charge in [0.05, 0.1) is 30.1 Å². The Morgan fingerprint density at radius 3 is 2.31 bits per heavy atom. The fourth-order valence-electron chi connectivity index (χ4n) is 8.62. The van der Waals surface area contributed by atoms with Gasteiger partial charge in [0.2, 0.25) is 0 Å². The van der Waals surface area contributed by atoms with Gasteiger partial charge in [0.15, 0.2) is 18.7 Å². The topological polar surface area (TPSA) is 139 Å². The summed E-state index contributed by atoms with van der Waals surface area (Å²) in [7, 11) is 0. The molecule has 0 aromatic carbocycles. The summed E-state index contributed by atoms with van der Waals surface area (Å²) < 4.78 is 42.6. The molecule has 1 N–H and O–H groups in total. The SMILES string of the molecule is CCO[C@H]1C[C@@H]2C[C@@H]([C@@]3(C)[C@H](C)C[C@H](OC(C)=O)[C@]4(COC(C)=O)[C@@H]3C[C@@H](O)[C@H](OC(=O)[C@H](C)CC)[C@]43CO3)O[C@@H]2O1. The average molecular weight is 597 g/mol. The first-order chi connectivity index (χ1) is 19.8. The molecule has 2 aliphatic carbocycles. The molecule has 1 spiro atoms. The smallest absolute Gasteiger partial charge is 0.309 e. The molecule has 2 saturated carbocycles. The zero-order chi connectivity index (χ0) is 30.6. The van der Waals surface area contributed by atoms with Crippen molar-refractivity contribution in [3.05, 3.63) is 0 Å². The molecule has 11 nitrogen and oxygen atoms in total. The van der Waals surface area contributed by atoms with Gasteiger partial charge < -0.3 is 38.3 Å². The molecule has 238 valence electrons. The highest BCUT2D eigenvalue weighted by Gasteiger charge is 2.81. The van der Waals surface area contributed by atoms with Gasteiger partial charge in [-0.05, 0) is 44.4 Å². The van der Waals surface area contributed by atoms with Crippen molar-refractivity contribution < 1.29 is 52.6 Å². The van der Waals surface area contributed by atoms with Crippen LogP contribution in [0.15, 0.2) is 0 Å². The molecule has 3 heterocycles. The van der Waals surface area contributed by atoms with E-state index in [0.717, 1.165) is 12.8 Å². The van der Waals surface area contributed by atoms with Crippen LogP contribution in [0, 0.1) is 34.5 Å². The van der Waals surface area contributed by atoms with Gasteiger partial charge in [-0.25, -0.2) is 0 Å². The first-order valence-corrected chi connectivity index (χ1v) is 15.6. The van der Waals surface area contributed by atoms with Crippen LogP contribution < -0.4 is 0 Å². The number of fused-ring (bicyclic) bond motifs is 3. The Labute approximate surface area is 248 Å². The Hall–Kier alpha value is -1.79. The zero-order valence-corrected chi connectivity index (χ0v) is 26.0. The number of carbonyl (C=O) groups excluding carboxylic acids is 3. The van der Waals surface area contributed by atoms with Gasteiger partial charge in [-0.1, -0.05) is 27.7 Å². The second kappa shape index (κ2) is 11.6. The number of carbonyl (C=O) groups is 3. The molecule has 11 heteroatoms. The van der Waals surface area contributed by atoms with Crippen LogP contribution in [0.2, 0.25) is 0 Å². The Morgan fingerprint density at radius 2 is 1.74 bits per heavy atom. The molecule has 0 aromatic rings. The van der Waals surface area contributed by atoms with Crippen LogP contribution in [-0.4, -0.2) is 85.4 Å². The highest BCUT2D eigenvalue weighted by atomic mass is 16.8. The van der Waals surface area contributed by atoms with Crippen molar-refractivity contribution in [2.24, 2.45) is 34.5 Å². The van der Waals surface area contributed by atoms with Crippen LogP contribution in [-0.2, 0) is 47.5 Å². The van der Waals surface area contributed by atoms with Crippen LogP contribution >= 0.6 is 0 Å². The van der Waals surface area contributed by atoms with E-state index in [4.69, 9.17) is 33.2 Å². The number of esters is 3. The summed E-state index contributed by atoms with van der Waals surface area (Å²) in [5.74, 6) is -1.97. The minimum Gasteiger partial charge on any atom is -0.465 e. The van der Waals surface area contributed by atoms with Crippen molar-refractivity contribution in [3.8, 4) is 0 Å². The molecule has 42 heavy (non-hydrogen) atoms. The van der Waals surface area contributed by atoms with Gasteiger partial charge in [-0.3, -0.25) is 14.4 Å². The second-order valence-electron chi connectivity index (χ2n) is 13.4. The summed E-state index contributed by atoms with van der Waals surface area (Å²) in [6.07, 6.45) is -0.956. The Balaban J connectivity index is 1.57. The van der Waals surface area contributed by atoms with E-state index < -0.39 is 58.9 Å². The first-order valence-electron chi connectivity index (χ1n) is 15.6. The van der Waals surface area contributed by atoms with E-state index in [0.29, 0.717) is 19.4 Å². The lowest BCUT2D eigenvalue weighted by molar-refractivity contribution is -0.290. The van der Waals surface area contributed by atoms with Crippen LogP contribution in [0.1, 0.15) is 80.6 Å². The van der Waals surface area contributed by atoms with E-state index in [1.54, 1.807) is 6.92 Å². The molecule has 5 fully saturated rings. The fraction of sp³-hybridized carbons (Fsp3) is 0.903. The van der Waals surface area contributed by atoms with E-state index >= 15 is 0 Å². The van der Waals surface area contributed by atoms with Crippen molar-refractivity contribution in [2.45, 2.75) is 123 Å². The molecule has 5 aliphatic rings. The Kier molecular flexibility index (Phi) is 8.75. The highest BCUT2D eigenvalue weighted by molar-refractivity contribution is 5.72. The molecule has 13 atom stereocenters. The molecular weight excluding hydrogens is 548 g/mol. The number of epoxide rings is 1. The predicted molar refractivity (Wildman–Crippen MR) is 147 cm³/mol. The lowest BCUT2D eigenvalue weighted by Crippen LogP contribution is -2.74. The molecule has 5 rings (SSSR count). The molecule has 0 unspecified atom stereocenters. The number of ether oxygens (including phenoxy) is 7. The quantitative estimate of drug-likeness (QED) is 0.239. The van der Waals surface area contributed by atoms with Crippen LogP contribution in [0.4, 0.5) is 0 Å². The Bertz CT molecular complexity index is 1030. The van der Waals surface area contributed by atoms with E-state index in [9.17, 15) is 19.5 Å². The minimum atomic E-state index is -1.21. The highest BCUT2D eigenvalue weighted by Crippen LogP contribution is 2.70. The maximum Gasteiger partial charge on any atom is 0.309 e. The van der Waals surface area contributed by atoms with Crippen LogP contribution in [0.3, 0.4) is 0 Å². The van der Waals surface area contributed by atoms with Gasteiger partial charge in [0.1, 0.15) is 18.3 Å². The largest absolute Gasteiger partial charge is 0.465 e. The summed E-state index contributed by atoms with van der Waals surface area (Å²) >= 11 is 0. The predicted octanol–water partition coefficient (Wildman–Crippen LogP) is 3.14. The maximum absolute atomic E-state index is 13.1. The standard InChI is InChI=1S/C31H48O11/c1-8-16(3)27(35)42-26-21(34)13-22-29(7,23-11-20-12-25(36-9-2)41-28(20)40-23)17(4)10-24(39-19(6)33)30(22,14-37-18(5)32)31(26)15-38-31/h16-17,20-26,28,34H,8-15H2,1-7H3/t16-,17-,20+,21-,22-,23+,24+,25-,26+,28-,29+,30+,31-/m1/s1. The molecular formula is C31H48O11. The number of hydrogen-bond donors (Lipinski definition) is 1. The third kappa shape index (κ3) is 4.97. The molecule has 0 radical (unpaired) electrons. The third-order valence-electron chi connectivity index (χ3n) is 11.2. The number of hydrogen-bond acceptors (Lipinski definition) is 11. The van der Waals surface area contributed by atoms with Crippen molar-refractivity contribution in [1.82, 2.24) is 0 Å². The zero-order valence-electron chi connectivity index (χ0n) is 26.0. The second-order valence-corrected chi connectivity index (χ2v) is 13.4. The van der Waals surface area contributed by atoms with Crippen LogP contribution in [0.5, 0.6) is 0 Å². The monoisotopic (exact) mass is 596 g/mol. The molecule has 3 aliphatic heterocycles. The summed E-state index contributed by atoms with van der Waals surface area (Å²) in [4.78, 5) is 37.9. The summed E-state index contributed by atoms with van der Waals surface area (Å²) in [5, 5.41) is 11.7. The summed E-state index contributed by atoms with van der Waals surface area (Å²) in [6.45, 7) is 13.2. The van der Waals surface area contributed by atoms with Crippen molar-refractivity contribution in [1.29, 1.82) is 0 Å². The molecule has 0 amide bonds. The number of aliphatic hydroxyl groups is 1. The third-order valence-corrected chi connectivity index (χ3v) is 11.2. The lowest BCUT2D eigenvalue weighted by Gasteiger charge is -2.65. The Morgan fingerprint density at radius 1 is 1.02 bits per heavy atom. The summed E-state index contributed by atoms with van der Waals surface area (Å²) in [6, 6.07) is 0. The number of aliphatic hydroxyl groups excluding tert-OH is 1. The van der Waals surface area contributed by atoms with Crippen LogP contribution in [0.25, 0.3) is 0 Å². The lowest BCUT2D eigenvalue weighted by atomic mass is 9.41. The fourth-order valence-corrected chi connectivity index (χ4v) is 8.62. The average Bonchev–Trinajstić information content (AvgIpc) is 3.48. The van der Waals surface area contributed by atoms with E-state index in [1.807, 2.05) is 13.8 Å².